The molecule has 0 unspecified atom stereocenters. The van der Waals surface area contributed by atoms with Gasteiger partial charge in [-0.2, -0.15) is 5.26 Å². The number of nitriles is 1. The van der Waals surface area contributed by atoms with Crippen LogP contribution in [0.25, 0.3) is 0 Å². The summed E-state index contributed by atoms with van der Waals surface area (Å²) in [6, 6.07) is 9.72. The average Bonchev–Trinajstić information content (AvgIpc) is 3.47. The van der Waals surface area contributed by atoms with Gasteiger partial charge in [0.05, 0.1) is 37.9 Å². The molecule has 1 aromatic carbocycles. The summed E-state index contributed by atoms with van der Waals surface area (Å²) in [4.78, 5) is 11.8. The van der Waals surface area contributed by atoms with E-state index >= 15 is 0 Å². The first-order chi connectivity index (χ1) is 12.0. The van der Waals surface area contributed by atoms with Crippen LogP contribution in [0.4, 0.5) is 0 Å². The van der Waals surface area contributed by atoms with Crippen molar-refractivity contribution < 1.29 is 19.0 Å². The molecule has 1 saturated carbocycles. The van der Waals surface area contributed by atoms with Crippen LogP contribution in [0.15, 0.2) is 24.3 Å². The van der Waals surface area contributed by atoms with E-state index in [0.29, 0.717) is 26.4 Å². The monoisotopic (exact) mass is 347 g/mol. The third kappa shape index (κ3) is 7.78. The van der Waals surface area contributed by atoms with E-state index in [1.807, 2.05) is 38.1 Å². The molecule has 5 heteroatoms. The van der Waals surface area contributed by atoms with Gasteiger partial charge in [0.1, 0.15) is 0 Å². The van der Waals surface area contributed by atoms with Gasteiger partial charge >= 0.3 is 0 Å². The molecule has 138 valence electrons. The Morgan fingerprint density at radius 2 is 1.60 bits per heavy atom. The Bertz CT molecular complexity index is 550. The highest BCUT2D eigenvalue weighted by Crippen LogP contribution is 2.33. The second-order valence-electron chi connectivity index (χ2n) is 6.55. The summed E-state index contributed by atoms with van der Waals surface area (Å²) in [5, 5.41) is 9.01. The number of hydrogen-bond acceptors (Lipinski definition) is 5. The Morgan fingerprint density at radius 3 is 2.00 bits per heavy atom. The van der Waals surface area contributed by atoms with Crippen molar-refractivity contribution in [1.82, 2.24) is 0 Å². The Kier molecular flexibility index (Phi) is 9.36. The van der Waals surface area contributed by atoms with E-state index in [1.165, 1.54) is 0 Å². The van der Waals surface area contributed by atoms with Gasteiger partial charge in [0.25, 0.3) is 0 Å². The van der Waals surface area contributed by atoms with Crippen LogP contribution in [0.1, 0.15) is 42.6 Å². The van der Waals surface area contributed by atoms with E-state index in [9.17, 15) is 4.79 Å². The standard InChI is InChI=1S/C14H15NO.C6H14O3/c1-14(2,9-15)12-7-5-11(6-8-12)13(16)10-3-4-10;1-7-3-5-9-6-4-8-2/h5-8,10H,3-4H2,1-2H3;3-6H2,1-2H3. The van der Waals surface area contributed by atoms with Crippen LogP contribution in [-0.2, 0) is 19.6 Å². The predicted octanol–water partition coefficient (Wildman–Crippen LogP) is 3.38. The molecule has 1 aliphatic rings. The zero-order valence-corrected chi connectivity index (χ0v) is 15.7. The molecule has 0 amide bonds. The first kappa shape index (κ1) is 21.3. The normalized spacial score (nSPS) is 13.6. The van der Waals surface area contributed by atoms with Crippen LogP contribution >= 0.6 is 0 Å². The molecule has 0 aromatic heterocycles. The molecule has 0 spiro atoms. The summed E-state index contributed by atoms with van der Waals surface area (Å²) in [5.41, 5.74) is 1.25. The molecule has 0 saturated heterocycles. The molecule has 0 N–H and O–H groups in total. The minimum Gasteiger partial charge on any atom is -0.382 e. The summed E-state index contributed by atoms with van der Waals surface area (Å²) < 4.78 is 14.6. The van der Waals surface area contributed by atoms with E-state index in [0.717, 1.165) is 24.0 Å². The Labute approximate surface area is 150 Å². The topological polar surface area (TPSA) is 68.6 Å². The van der Waals surface area contributed by atoms with E-state index in [1.54, 1.807) is 14.2 Å². The van der Waals surface area contributed by atoms with Crippen LogP contribution in [0.5, 0.6) is 0 Å². The number of methoxy groups -OCH3 is 2. The number of ether oxygens (including phenoxy) is 3. The lowest BCUT2D eigenvalue weighted by Gasteiger charge is -2.15. The zero-order chi connectivity index (χ0) is 18.7. The predicted molar refractivity (Wildman–Crippen MR) is 96.7 cm³/mol. The van der Waals surface area contributed by atoms with E-state index in [-0.39, 0.29) is 11.7 Å². The van der Waals surface area contributed by atoms with Gasteiger partial charge in [0.15, 0.2) is 5.78 Å². The number of nitrogens with zero attached hydrogens (tertiary/aromatic N) is 1. The van der Waals surface area contributed by atoms with Crippen molar-refractivity contribution in [1.29, 1.82) is 5.26 Å². The lowest BCUT2D eigenvalue weighted by atomic mass is 9.85. The minimum absolute atomic E-state index is 0.251. The third-order valence-corrected chi connectivity index (χ3v) is 3.98. The number of carbonyl (C=O) groups excluding carboxylic acids is 1. The van der Waals surface area contributed by atoms with Crippen molar-refractivity contribution in [3.8, 4) is 6.07 Å². The Balaban J connectivity index is 0.000000299. The number of benzene rings is 1. The van der Waals surface area contributed by atoms with E-state index in [2.05, 4.69) is 6.07 Å². The van der Waals surface area contributed by atoms with E-state index in [4.69, 9.17) is 19.5 Å². The quantitative estimate of drug-likeness (QED) is 0.506. The van der Waals surface area contributed by atoms with Crippen LogP contribution in [-0.4, -0.2) is 46.4 Å². The molecular formula is C20H29NO4. The van der Waals surface area contributed by atoms with Gasteiger partial charge in [-0.3, -0.25) is 4.79 Å². The molecule has 0 aliphatic heterocycles. The van der Waals surface area contributed by atoms with Gasteiger partial charge in [-0.05, 0) is 32.3 Å². The van der Waals surface area contributed by atoms with Gasteiger partial charge in [0.2, 0.25) is 0 Å². The summed E-state index contributed by atoms with van der Waals surface area (Å²) in [6.07, 6.45) is 2.06. The van der Waals surface area contributed by atoms with Gasteiger partial charge in [-0.1, -0.05) is 24.3 Å². The molecule has 0 bridgehead atoms. The second-order valence-corrected chi connectivity index (χ2v) is 6.55. The highest BCUT2D eigenvalue weighted by Gasteiger charge is 2.30. The molecule has 0 heterocycles. The van der Waals surface area contributed by atoms with Crippen LogP contribution in [0.3, 0.4) is 0 Å². The number of carbonyl (C=O) groups is 1. The van der Waals surface area contributed by atoms with Gasteiger partial charge in [-0.25, -0.2) is 0 Å². The van der Waals surface area contributed by atoms with Crippen LogP contribution in [0.2, 0.25) is 0 Å². The fraction of sp³-hybridized carbons (Fsp3) is 0.600. The molecular weight excluding hydrogens is 318 g/mol. The van der Waals surface area contributed by atoms with Crippen LogP contribution in [0, 0.1) is 17.2 Å². The average molecular weight is 347 g/mol. The maximum absolute atomic E-state index is 11.8. The molecule has 0 radical (unpaired) electrons. The highest BCUT2D eigenvalue weighted by molar-refractivity contribution is 5.99. The molecule has 25 heavy (non-hydrogen) atoms. The maximum Gasteiger partial charge on any atom is 0.165 e. The summed E-state index contributed by atoms with van der Waals surface area (Å²) in [5.74, 6) is 0.510. The largest absolute Gasteiger partial charge is 0.382 e. The van der Waals surface area contributed by atoms with Crippen LogP contribution < -0.4 is 0 Å². The lowest BCUT2D eigenvalue weighted by Crippen LogP contribution is -2.14. The van der Waals surface area contributed by atoms with Crippen molar-refractivity contribution in [2.75, 3.05) is 40.6 Å². The molecule has 5 nitrogen and oxygen atoms in total. The highest BCUT2D eigenvalue weighted by atomic mass is 16.5. The van der Waals surface area contributed by atoms with Gasteiger partial charge < -0.3 is 14.2 Å². The fourth-order valence-corrected chi connectivity index (χ4v) is 2.08. The van der Waals surface area contributed by atoms with Crippen molar-refractivity contribution >= 4 is 5.78 Å². The smallest absolute Gasteiger partial charge is 0.165 e. The van der Waals surface area contributed by atoms with Crippen molar-refractivity contribution in [3.05, 3.63) is 35.4 Å². The van der Waals surface area contributed by atoms with Crippen molar-refractivity contribution in [3.63, 3.8) is 0 Å². The molecule has 2 rings (SSSR count). The molecule has 1 aliphatic carbocycles. The first-order valence-electron chi connectivity index (χ1n) is 8.58. The Hall–Kier alpha value is -1.74. The minimum atomic E-state index is -0.485. The third-order valence-electron chi connectivity index (χ3n) is 3.98. The summed E-state index contributed by atoms with van der Waals surface area (Å²) >= 11 is 0. The number of Topliss-reactive ketones (excluding diaryl/α,β-unsaturated/α-hetero) is 1. The Morgan fingerprint density at radius 1 is 1.08 bits per heavy atom. The fourth-order valence-electron chi connectivity index (χ4n) is 2.08. The number of rotatable bonds is 9. The second kappa shape index (κ2) is 11.0. The van der Waals surface area contributed by atoms with Gasteiger partial charge in [0, 0.05) is 25.7 Å². The zero-order valence-electron chi connectivity index (χ0n) is 15.7. The summed E-state index contributed by atoms with van der Waals surface area (Å²) in [6.45, 7) is 6.38. The lowest BCUT2D eigenvalue weighted by molar-refractivity contribution is 0.0385. The number of hydrogen-bond donors (Lipinski definition) is 0. The SMILES string of the molecule is CC(C)(C#N)c1ccc(C(=O)C2CC2)cc1.COCCOCCOC. The van der Waals surface area contributed by atoms with Crippen molar-refractivity contribution in [2.24, 2.45) is 5.92 Å². The number of ketones is 1. The van der Waals surface area contributed by atoms with Crippen molar-refractivity contribution in [2.45, 2.75) is 32.1 Å². The summed E-state index contributed by atoms with van der Waals surface area (Å²) in [7, 11) is 3.30. The first-order valence-corrected chi connectivity index (χ1v) is 8.58. The maximum atomic E-state index is 11.8. The molecule has 1 fully saturated rings. The van der Waals surface area contributed by atoms with Gasteiger partial charge in [-0.15, -0.1) is 0 Å². The molecule has 1 aromatic rings. The van der Waals surface area contributed by atoms with E-state index < -0.39 is 5.41 Å². The molecule has 0 atom stereocenters.